The molecule has 2 atom stereocenters. The van der Waals surface area contributed by atoms with E-state index < -0.39 is 30.5 Å². The van der Waals surface area contributed by atoms with Gasteiger partial charge in [-0.1, -0.05) is 0 Å². The van der Waals surface area contributed by atoms with Crippen molar-refractivity contribution in [2.75, 3.05) is 20.5 Å². The van der Waals surface area contributed by atoms with Crippen LogP contribution in [0.3, 0.4) is 0 Å². The number of carbonyl (C=O) groups is 1. The van der Waals surface area contributed by atoms with Crippen LogP contribution in [0.2, 0.25) is 0 Å². The predicted molar refractivity (Wildman–Crippen MR) is 45.6 cm³/mol. The van der Waals surface area contributed by atoms with Crippen LogP contribution >= 0.6 is 0 Å². The standard InChI is InChI=1S/C8H12O7/c1-13-3-14-7-5(11)8(12)15-6(7)4(10)2-9/h4,6,9-11H,2-3H2,1H3/t4-,6+/m0/s1. The van der Waals surface area contributed by atoms with Gasteiger partial charge in [-0.3, -0.25) is 0 Å². The fourth-order valence-electron chi connectivity index (χ4n) is 1.08. The van der Waals surface area contributed by atoms with Crippen molar-refractivity contribution in [2.24, 2.45) is 0 Å². The van der Waals surface area contributed by atoms with Gasteiger partial charge in [-0.2, -0.15) is 0 Å². The van der Waals surface area contributed by atoms with Gasteiger partial charge < -0.3 is 29.5 Å². The lowest BCUT2D eigenvalue weighted by Crippen LogP contribution is -2.32. The van der Waals surface area contributed by atoms with E-state index in [2.05, 4.69) is 9.47 Å². The molecule has 0 aromatic rings. The lowest BCUT2D eigenvalue weighted by molar-refractivity contribution is -0.148. The minimum Gasteiger partial charge on any atom is -0.499 e. The maximum absolute atomic E-state index is 10.9. The fourth-order valence-corrected chi connectivity index (χ4v) is 1.08. The van der Waals surface area contributed by atoms with Gasteiger partial charge in [-0.25, -0.2) is 4.79 Å². The zero-order valence-corrected chi connectivity index (χ0v) is 8.04. The fraction of sp³-hybridized carbons (Fsp3) is 0.625. The number of esters is 1. The molecule has 1 aliphatic rings. The number of rotatable bonds is 5. The highest BCUT2D eigenvalue weighted by atomic mass is 16.7. The Morgan fingerprint density at radius 3 is 2.80 bits per heavy atom. The molecular formula is C8H12O7. The molecule has 1 rings (SSSR count). The maximum atomic E-state index is 10.9. The van der Waals surface area contributed by atoms with E-state index in [1.165, 1.54) is 7.11 Å². The number of aliphatic hydroxyl groups excluding tert-OH is 3. The van der Waals surface area contributed by atoms with Crippen molar-refractivity contribution in [3.05, 3.63) is 11.5 Å². The smallest absolute Gasteiger partial charge is 0.378 e. The van der Waals surface area contributed by atoms with Crippen molar-refractivity contribution in [2.45, 2.75) is 12.2 Å². The van der Waals surface area contributed by atoms with Crippen molar-refractivity contribution in [1.29, 1.82) is 0 Å². The summed E-state index contributed by atoms with van der Waals surface area (Å²) in [5.74, 6) is -1.95. The molecular weight excluding hydrogens is 208 g/mol. The van der Waals surface area contributed by atoms with Crippen molar-refractivity contribution in [1.82, 2.24) is 0 Å². The molecule has 15 heavy (non-hydrogen) atoms. The first-order valence-corrected chi connectivity index (χ1v) is 4.16. The quantitative estimate of drug-likeness (QED) is 0.388. The van der Waals surface area contributed by atoms with E-state index in [-0.39, 0.29) is 12.6 Å². The van der Waals surface area contributed by atoms with E-state index in [9.17, 15) is 15.0 Å². The SMILES string of the molecule is COCOC1=C(O)C(=O)O[C@@H]1[C@@H](O)CO. The van der Waals surface area contributed by atoms with Crippen LogP contribution in [0.25, 0.3) is 0 Å². The number of hydrogen-bond acceptors (Lipinski definition) is 7. The summed E-state index contributed by atoms with van der Waals surface area (Å²) >= 11 is 0. The van der Waals surface area contributed by atoms with E-state index >= 15 is 0 Å². The van der Waals surface area contributed by atoms with E-state index in [0.29, 0.717) is 0 Å². The summed E-state index contributed by atoms with van der Waals surface area (Å²) in [5, 5.41) is 27.2. The molecule has 7 heteroatoms. The largest absolute Gasteiger partial charge is 0.499 e. The van der Waals surface area contributed by atoms with Crippen LogP contribution in [0, 0.1) is 0 Å². The topological polar surface area (TPSA) is 105 Å². The third kappa shape index (κ3) is 2.38. The second-order valence-corrected chi connectivity index (χ2v) is 2.84. The van der Waals surface area contributed by atoms with Gasteiger partial charge in [-0.05, 0) is 0 Å². The van der Waals surface area contributed by atoms with E-state index in [4.69, 9.17) is 9.84 Å². The Morgan fingerprint density at radius 1 is 1.60 bits per heavy atom. The van der Waals surface area contributed by atoms with E-state index in [1.807, 2.05) is 0 Å². The first-order valence-electron chi connectivity index (χ1n) is 4.16. The van der Waals surface area contributed by atoms with Crippen LogP contribution in [-0.4, -0.2) is 54.0 Å². The van der Waals surface area contributed by atoms with E-state index in [1.54, 1.807) is 0 Å². The van der Waals surface area contributed by atoms with Gasteiger partial charge in [0, 0.05) is 7.11 Å². The Labute approximate surface area is 85.5 Å². The second kappa shape index (κ2) is 4.96. The average Bonchev–Trinajstić information content (AvgIpc) is 2.52. The van der Waals surface area contributed by atoms with Gasteiger partial charge in [0.1, 0.15) is 6.10 Å². The van der Waals surface area contributed by atoms with Crippen LogP contribution in [0.1, 0.15) is 0 Å². The molecule has 0 aromatic carbocycles. The summed E-state index contributed by atoms with van der Waals surface area (Å²) in [6.07, 6.45) is -2.54. The van der Waals surface area contributed by atoms with Gasteiger partial charge in [0.05, 0.1) is 6.61 Å². The number of hydrogen-bond donors (Lipinski definition) is 3. The molecule has 1 aliphatic heterocycles. The lowest BCUT2D eigenvalue weighted by atomic mass is 10.2. The molecule has 7 nitrogen and oxygen atoms in total. The third-order valence-corrected chi connectivity index (χ3v) is 1.79. The zero-order chi connectivity index (χ0) is 11.4. The summed E-state index contributed by atoms with van der Waals surface area (Å²) in [5.41, 5.74) is 0. The minimum absolute atomic E-state index is 0.204. The molecule has 0 fully saturated rings. The second-order valence-electron chi connectivity index (χ2n) is 2.84. The van der Waals surface area contributed by atoms with Crippen LogP contribution in [0.15, 0.2) is 11.5 Å². The summed E-state index contributed by atoms with van der Waals surface area (Å²) in [6.45, 7) is -0.824. The molecule has 3 N–H and O–H groups in total. The van der Waals surface area contributed by atoms with Crippen LogP contribution < -0.4 is 0 Å². The molecule has 0 unspecified atom stereocenters. The molecule has 86 valence electrons. The summed E-state index contributed by atoms with van der Waals surface area (Å²) in [7, 11) is 1.35. The number of methoxy groups -OCH3 is 1. The average molecular weight is 220 g/mol. The molecule has 0 bridgehead atoms. The molecule has 0 saturated heterocycles. The Morgan fingerprint density at radius 2 is 2.27 bits per heavy atom. The summed E-state index contributed by atoms with van der Waals surface area (Å²) in [6, 6.07) is 0. The van der Waals surface area contributed by atoms with E-state index in [0.717, 1.165) is 0 Å². The van der Waals surface area contributed by atoms with Crippen molar-refractivity contribution in [3.8, 4) is 0 Å². The zero-order valence-electron chi connectivity index (χ0n) is 8.04. The Bertz CT molecular complexity index is 272. The van der Waals surface area contributed by atoms with Crippen molar-refractivity contribution < 1.29 is 34.3 Å². The highest BCUT2D eigenvalue weighted by Crippen LogP contribution is 2.24. The van der Waals surface area contributed by atoms with Gasteiger partial charge >= 0.3 is 5.97 Å². The Kier molecular flexibility index (Phi) is 3.89. The normalized spacial score (nSPS) is 22.9. The van der Waals surface area contributed by atoms with Crippen LogP contribution in [0.4, 0.5) is 0 Å². The van der Waals surface area contributed by atoms with Crippen LogP contribution in [0.5, 0.6) is 0 Å². The minimum atomic E-state index is -1.34. The molecule has 0 aliphatic carbocycles. The molecule has 1 heterocycles. The molecule has 0 amide bonds. The van der Waals surface area contributed by atoms with Crippen molar-refractivity contribution >= 4 is 5.97 Å². The first kappa shape index (κ1) is 11.8. The van der Waals surface area contributed by atoms with Crippen LogP contribution in [-0.2, 0) is 19.0 Å². The highest BCUT2D eigenvalue weighted by Gasteiger charge is 2.40. The monoisotopic (exact) mass is 220 g/mol. The first-order chi connectivity index (χ1) is 7.11. The number of aliphatic hydroxyl groups is 3. The number of ether oxygens (including phenoxy) is 3. The third-order valence-electron chi connectivity index (χ3n) is 1.79. The predicted octanol–water partition coefficient (Wildman–Crippen LogP) is -1.34. The highest BCUT2D eigenvalue weighted by molar-refractivity contribution is 5.89. The van der Waals surface area contributed by atoms with Gasteiger partial charge in [-0.15, -0.1) is 0 Å². The summed E-state index contributed by atoms with van der Waals surface area (Å²) in [4.78, 5) is 10.9. The van der Waals surface area contributed by atoms with Gasteiger partial charge in [0.2, 0.25) is 5.76 Å². The van der Waals surface area contributed by atoms with Crippen molar-refractivity contribution in [3.63, 3.8) is 0 Å². The Balaban J connectivity index is 2.77. The summed E-state index contributed by atoms with van der Waals surface area (Å²) < 4.78 is 14.0. The maximum Gasteiger partial charge on any atom is 0.378 e. The molecule has 0 spiro atoms. The number of cyclic esters (lactones) is 1. The molecule has 0 saturated carbocycles. The molecule has 0 radical (unpaired) electrons. The Hall–Kier alpha value is -1.31. The van der Waals surface area contributed by atoms with Gasteiger partial charge in [0.15, 0.2) is 18.7 Å². The lowest BCUT2D eigenvalue weighted by Gasteiger charge is -2.17. The van der Waals surface area contributed by atoms with Gasteiger partial charge in [0.25, 0.3) is 0 Å². The number of carbonyl (C=O) groups excluding carboxylic acids is 1. The molecule has 0 aromatic heterocycles.